The van der Waals surface area contributed by atoms with Gasteiger partial charge in [0.25, 0.3) is 0 Å². The van der Waals surface area contributed by atoms with Crippen LogP contribution in [0.25, 0.3) is 6.08 Å². The first kappa shape index (κ1) is 18.6. The van der Waals surface area contributed by atoms with E-state index in [2.05, 4.69) is 0 Å². The number of rotatable bonds is 5. The quantitative estimate of drug-likeness (QED) is 0.756. The summed E-state index contributed by atoms with van der Waals surface area (Å²) in [4.78, 5) is 22.8. The maximum atomic E-state index is 13.5. The van der Waals surface area contributed by atoms with Gasteiger partial charge in [-0.1, -0.05) is 60.7 Å². The van der Waals surface area contributed by atoms with E-state index in [9.17, 15) is 19.4 Å². The van der Waals surface area contributed by atoms with Crippen LogP contribution >= 0.6 is 7.37 Å². The van der Waals surface area contributed by atoms with E-state index in [1.165, 1.54) is 0 Å². The Balaban J connectivity index is 2.10. The monoisotopic (exact) mass is 370 g/mol. The maximum Gasteiger partial charge on any atom is 0.310 e. The van der Waals surface area contributed by atoms with Crippen molar-refractivity contribution in [2.75, 3.05) is 0 Å². The molecule has 0 amide bonds. The molecular formula is C21H23O4P. The van der Waals surface area contributed by atoms with E-state index in [0.717, 1.165) is 16.7 Å². The molecule has 26 heavy (non-hydrogen) atoms. The van der Waals surface area contributed by atoms with Gasteiger partial charge in [0, 0.05) is 0 Å². The molecule has 0 aromatic heterocycles. The Morgan fingerprint density at radius 1 is 1.15 bits per heavy atom. The van der Waals surface area contributed by atoms with Gasteiger partial charge in [0.2, 0.25) is 7.37 Å². The van der Waals surface area contributed by atoms with Crippen molar-refractivity contribution >= 4 is 19.4 Å². The molecule has 0 heterocycles. The number of carboxylic acid groups (broad SMARTS) is 1. The minimum atomic E-state index is -3.74. The van der Waals surface area contributed by atoms with Gasteiger partial charge in [-0.25, -0.2) is 0 Å². The first-order valence-corrected chi connectivity index (χ1v) is 10.5. The fraction of sp³-hybridized carbons (Fsp3) is 0.286. The van der Waals surface area contributed by atoms with Crippen LogP contribution in [0.3, 0.4) is 0 Å². The third-order valence-corrected chi connectivity index (χ3v) is 8.12. The lowest BCUT2D eigenvalue weighted by Crippen LogP contribution is -2.38. The fourth-order valence-electron chi connectivity index (χ4n) is 3.69. The zero-order valence-electron chi connectivity index (χ0n) is 14.9. The molecule has 0 radical (unpaired) electrons. The van der Waals surface area contributed by atoms with Gasteiger partial charge >= 0.3 is 5.97 Å². The van der Waals surface area contributed by atoms with Crippen LogP contribution in [0.2, 0.25) is 0 Å². The Hall–Kier alpha value is -2.16. The standard InChI is InChI=1S/C21H23O4P/c1-15(20(22)23)19-12-17-10-6-7-11-18(17)13-21(19,2)26(24,25)14-16-8-4-3-5-9-16/h3-12,15H,13-14H2,1-2H3,(H,22,23)(H,24,25). The van der Waals surface area contributed by atoms with Crippen molar-refractivity contribution < 1.29 is 19.4 Å². The highest BCUT2D eigenvalue weighted by Gasteiger charge is 2.50. The van der Waals surface area contributed by atoms with Gasteiger partial charge in [0.15, 0.2) is 0 Å². The molecule has 3 rings (SSSR count). The van der Waals surface area contributed by atoms with Gasteiger partial charge in [-0.3, -0.25) is 9.36 Å². The SMILES string of the molecule is CC(C(=O)O)C1=Cc2ccccc2CC1(C)P(=O)(O)Cc1ccccc1. The van der Waals surface area contributed by atoms with Crippen LogP contribution in [0.4, 0.5) is 0 Å². The predicted octanol–water partition coefficient (Wildman–Crippen LogP) is 4.58. The molecule has 3 atom stereocenters. The van der Waals surface area contributed by atoms with Crippen molar-refractivity contribution in [3.8, 4) is 0 Å². The van der Waals surface area contributed by atoms with Gasteiger partial charge in [-0.05, 0) is 42.5 Å². The van der Waals surface area contributed by atoms with Crippen LogP contribution in [0.15, 0.2) is 60.2 Å². The fourth-order valence-corrected chi connectivity index (χ4v) is 5.82. The molecule has 5 heteroatoms. The van der Waals surface area contributed by atoms with E-state index in [0.29, 0.717) is 12.0 Å². The average molecular weight is 370 g/mol. The van der Waals surface area contributed by atoms with Gasteiger partial charge < -0.3 is 10.00 Å². The average Bonchev–Trinajstić information content (AvgIpc) is 2.60. The van der Waals surface area contributed by atoms with E-state index in [1.54, 1.807) is 19.9 Å². The molecule has 1 aliphatic rings. The normalized spacial score (nSPS) is 22.7. The van der Waals surface area contributed by atoms with Crippen LogP contribution in [0.1, 0.15) is 30.5 Å². The van der Waals surface area contributed by atoms with Gasteiger partial charge in [-0.2, -0.15) is 0 Å². The zero-order chi connectivity index (χ0) is 18.9. The first-order chi connectivity index (χ1) is 12.2. The molecule has 0 saturated carbocycles. The summed E-state index contributed by atoms with van der Waals surface area (Å²) >= 11 is 0. The molecule has 0 aliphatic heterocycles. The molecule has 4 nitrogen and oxygen atoms in total. The van der Waals surface area contributed by atoms with Crippen molar-refractivity contribution in [2.45, 2.75) is 31.6 Å². The second-order valence-corrected chi connectivity index (χ2v) is 9.86. The molecule has 0 bridgehead atoms. The molecule has 0 fully saturated rings. The molecule has 0 saturated heterocycles. The summed E-state index contributed by atoms with van der Waals surface area (Å²) in [5.74, 6) is -1.81. The lowest BCUT2D eigenvalue weighted by molar-refractivity contribution is -0.139. The Bertz CT molecular complexity index is 903. The number of fused-ring (bicyclic) bond motifs is 1. The highest BCUT2D eigenvalue weighted by Crippen LogP contribution is 2.63. The third-order valence-electron chi connectivity index (χ3n) is 5.37. The highest BCUT2D eigenvalue weighted by molar-refractivity contribution is 7.59. The van der Waals surface area contributed by atoms with E-state index < -0.39 is 24.4 Å². The second-order valence-electron chi connectivity index (χ2n) is 7.15. The number of carboxylic acids is 1. The van der Waals surface area contributed by atoms with Crippen LogP contribution in [-0.4, -0.2) is 21.1 Å². The maximum absolute atomic E-state index is 13.5. The van der Waals surface area contributed by atoms with E-state index in [1.807, 2.05) is 54.6 Å². The van der Waals surface area contributed by atoms with Crippen LogP contribution < -0.4 is 0 Å². The Labute approximate surface area is 153 Å². The Morgan fingerprint density at radius 2 is 1.77 bits per heavy atom. The predicted molar refractivity (Wildman–Crippen MR) is 103 cm³/mol. The third kappa shape index (κ3) is 3.27. The summed E-state index contributed by atoms with van der Waals surface area (Å²) in [6.07, 6.45) is 2.18. The minimum Gasteiger partial charge on any atom is -0.481 e. The van der Waals surface area contributed by atoms with Gasteiger partial charge in [0.1, 0.15) is 0 Å². The summed E-state index contributed by atoms with van der Waals surface area (Å²) < 4.78 is 13.5. The minimum absolute atomic E-state index is 0.0240. The Kier molecular flexibility index (Phi) is 4.92. The molecule has 3 unspecified atom stereocenters. The molecule has 136 valence electrons. The molecular weight excluding hydrogens is 347 g/mol. The smallest absolute Gasteiger partial charge is 0.310 e. The number of hydrogen-bond acceptors (Lipinski definition) is 2. The van der Waals surface area contributed by atoms with Crippen LogP contribution in [0, 0.1) is 5.92 Å². The second kappa shape index (κ2) is 6.86. The van der Waals surface area contributed by atoms with Crippen molar-refractivity contribution in [3.63, 3.8) is 0 Å². The van der Waals surface area contributed by atoms with E-state index in [-0.39, 0.29) is 6.16 Å². The summed E-state index contributed by atoms with van der Waals surface area (Å²) in [6.45, 7) is 3.32. The summed E-state index contributed by atoms with van der Waals surface area (Å²) in [5, 5.41) is 8.44. The first-order valence-electron chi connectivity index (χ1n) is 8.63. The Morgan fingerprint density at radius 3 is 2.42 bits per heavy atom. The van der Waals surface area contributed by atoms with Crippen LogP contribution in [0.5, 0.6) is 0 Å². The van der Waals surface area contributed by atoms with Gasteiger partial charge in [-0.15, -0.1) is 0 Å². The van der Waals surface area contributed by atoms with E-state index in [4.69, 9.17) is 0 Å². The highest BCUT2D eigenvalue weighted by atomic mass is 31.2. The van der Waals surface area contributed by atoms with Crippen molar-refractivity contribution in [1.29, 1.82) is 0 Å². The molecule has 2 aromatic carbocycles. The summed E-state index contributed by atoms with van der Waals surface area (Å²) in [6, 6.07) is 16.8. The summed E-state index contributed by atoms with van der Waals surface area (Å²) in [5.41, 5.74) is 3.19. The topological polar surface area (TPSA) is 74.6 Å². The molecule has 2 N–H and O–H groups in total. The number of hydrogen-bond donors (Lipinski definition) is 2. The largest absolute Gasteiger partial charge is 0.481 e. The number of benzene rings is 2. The zero-order valence-corrected chi connectivity index (χ0v) is 15.8. The van der Waals surface area contributed by atoms with Crippen molar-refractivity contribution in [1.82, 2.24) is 0 Å². The lowest BCUT2D eigenvalue weighted by atomic mass is 9.78. The number of carbonyl (C=O) groups is 1. The molecule has 1 aliphatic carbocycles. The summed E-state index contributed by atoms with van der Waals surface area (Å²) in [7, 11) is -3.74. The molecule has 2 aromatic rings. The number of aliphatic carboxylic acids is 1. The molecule has 0 spiro atoms. The van der Waals surface area contributed by atoms with Crippen molar-refractivity contribution in [3.05, 3.63) is 76.9 Å². The lowest BCUT2D eigenvalue weighted by Gasteiger charge is -2.41. The van der Waals surface area contributed by atoms with Gasteiger partial charge in [0.05, 0.1) is 17.2 Å². The van der Waals surface area contributed by atoms with Crippen LogP contribution in [-0.2, 0) is 21.9 Å². The van der Waals surface area contributed by atoms with Crippen molar-refractivity contribution in [2.24, 2.45) is 5.92 Å². The van der Waals surface area contributed by atoms with E-state index >= 15 is 0 Å².